The number of carbonyl (C=O) groups excluding carboxylic acids is 2. The number of anilines is 3. The maximum absolute atomic E-state index is 12.7. The third-order valence-corrected chi connectivity index (χ3v) is 7.36. The van der Waals surface area contributed by atoms with E-state index in [-0.39, 0.29) is 28.6 Å². The number of primary amides is 1. The second kappa shape index (κ2) is 8.70. The van der Waals surface area contributed by atoms with Crippen LogP contribution in [0.5, 0.6) is 0 Å². The molecule has 12 nitrogen and oxygen atoms in total. The highest BCUT2D eigenvalue weighted by atomic mass is 16.3. The lowest BCUT2D eigenvalue weighted by Gasteiger charge is -2.45. The van der Waals surface area contributed by atoms with E-state index < -0.39 is 11.5 Å². The predicted octanol–water partition coefficient (Wildman–Crippen LogP) is 1.30. The van der Waals surface area contributed by atoms with Gasteiger partial charge >= 0.3 is 0 Å². The van der Waals surface area contributed by atoms with Gasteiger partial charge in [-0.3, -0.25) is 9.59 Å². The number of fused-ring (bicyclic) bond motifs is 1. The van der Waals surface area contributed by atoms with Crippen molar-refractivity contribution in [2.75, 3.05) is 34.8 Å². The summed E-state index contributed by atoms with van der Waals surface area (Å²) in [5.74, 6) is -0.270. The van der Waals surface area contributed by atoms with Gasteiger partial charge in [-0.2, -0.15) is 10.4 Å². The van der Waals surface area contributed by atoms with E-state index in [0.717, 1.165) is 6.42 Å². The summed E-state index contributed by atoms with van der Waals surface area (Å²) in [7, 11) is 0. The van der Waals surface area contributed by atoms with Crippen molar-refractivity contribution >= 4 is 34.5 Å². The van der Waals surface area contributed by atoms with Crippen LogP contribution in [0.25, 0.3) is 5.52 Å². The monoisotopic (exact) mass is 503 g/mol. The molecule has 0 spiro atoms. The molecule has 0 aromatic carbocycles. The standard InChI is InChI=1S/C25H29N9O3/c1-24(2)14-32(20-5-4-15(11-26)30-31-20)8-6-19(24)29-21-17(22(27)35)12-28-34-13-16(10-18(21)34)33-9-7-25(3,37)23(33)36/h4-5,10,12-13,19,29,37H,6-9,14H2,1-3H3,(H2,27,35)/t19-,25?/m1/s1. The molecular weight excluding hydrogens is 474 g/mol. The molecule has 0 radical (unpaired) electrons. The van der Waals surface area contributed by atoms with E-state index >= 15 is 0 Å². The smallest absolute Gasteiger partial charge is 0.258 e. The van der Waals surface area contributed by atoms with Crippen molar-refractivity contribution in [3.63, 3.8) is 0 Å². The summed E-state index contributed by atoms with van der Waals surface area (Å²) in [6.07, 6.45) is 4.21. The lowest BCUT2D eigenvalue weighted by molar-refractivity contribution is -0.131. The Balaban J connectivity index is 1.45. The van der Waals surface area contributed by atoms with Gasteiger partial charge in [0.1, 0.15) is 11.7 Å². The largest absolute Gasteiger partial charge is 0.380 e. The number of hydrogen-bond donors (Lipinski definition) is 3. The van der Waals surface area contributed by atoms with Crippen LogP contribution in [-0.2, 0) is 4.79 Å². The number of rotatable bonds is 5. The minimum Gasteiger partial charge on any atom is -0.380 e. The summed E-state index contributed by atoms with van der Waals surface area (Å²) in [6.45, 7) is 7.52. The van der Waals surface area contributed by atoms with Crippen LogP contribution in [0.2, 0.25) is 0 Å². The number of amides is 2. The third kappa shape index (κ3) is 4.31. The molecular formula is C25H29N9O3. The Bertz CT molecular complexity index is 1420. The van der Waals surface area contributed by atoms with Crippen LogP contribution in [0.15, 0.2) is 30.6 Å². The van der Waals surface area contributed by atoms with Gasteiger partial charge in [0.25, 0.3) is 11.8 Å². The molecule has 4 N–H and O–H groups in total. The number of hydrogen-bond acceptors (Lipinski definition) is 9. The molecule has 1 unspecified atom stereocenters. The van der Waals surface area contributed by atoms with E-state index in [9.17, 15) is 14.7 Å². The highest BCUT2D eigenvalue weighted by Gasteiger charge is 2.42. The quantitative estimate of drug-likeness (QED) is 0.465. The SMILES string of the molecule is CC1(O)CCN(c2cc3c(N[C@@H]4CCN(c5ccc(C#N)nn5)CC4(C)C)c(C(N)=O)cnn3c2)C1=O. The number of carbonyl (C=O) groups is 2. The molecule has 2 amide bonds. The Labute approximate surface area is 213 Å². The summed E-state index contributed by atoms with van der Waals surface area (Å²) < 4.78 is 1.61. The highest BCUT2D eigenvalue weighted by Crippen LogP contribution is 2.37. The van der Waals surface area contributed by atoms with Gasteiger partial charge in [0.05, 0.1) is 34.8 Å². The molecule has 37 heavy (non-hydrogen) atoms. The molecule has 0 saturated carbocycles. The van der Waals surface area contributed by atoms with Crippen LogP contribution in [0.1, 0.15) is 49.7 Å². The first-order chi connectivity index (χ1) is 17.5. The van der Waals surface area contributed by atoms with E-state index in [2.05, 4.69) is 39.4 Å². The van der Waals surface area contributed by atoms with Crippen LogP contribution >= 0.6 is 0 Å². The lowest BCUT2D eigenvalue weighted by atomic mass is 9.79. The Morgan fingerprint density at radius 2 is 2.05 bits per heavy atom. The van der Waals surface area contributed by atoms with Crippen LogP contribution in [0, 0.1) is 16.7 Å². The minimum atomic E-state index is -1.40. The maximum Gasteiger partial charge on any atom is 0.258 e. The van der Waals surface area contributed by atoms with Gasteiger partial charge in [-0.05, 0) is 31.5 Å². The van der Waals surface area contributed by atoms with E-state index in [1.165, 1.54) is 18.0 Å². The third-order valence-electron chi connectivity index (χ3n) is 7.36. The Kier molecular flexibility index (Phi) is 5.75. The van der Waals surface area contributed by atoms with Crippen LogP contribution in [0.3, 0.4) is 0 Å². The van der Waals surface area contributed by atoms with Gasteiger partial charge in [-0.25, -0.2) is 4.52 Å². The van der Waals surface area contributed by atoms with E-state index in [0.29, 0.717) is 48.8 Å². The molecule has 192 valence electrons. The zero-order valence-electron chi connectivity index (χ0n) is 21.0. The van der Waals surface area contributed by atoms with Gasteiger partial charge in [-0.15, -0.1) is 10.2 Å². The van der Waals surface area contributed by atoms with Crippen molar-refractivity contribution in [3.8, 4) is 6.07 Å². The average Bonchev–Trinajstić information content (AvgIpc) is 3.40. The summed E-state index contributed by atoms with van der Waals surface area (Å²) in [6, 6.07) is 7.20. The number of aliphatic hydroxyl groups is 1. The van der Waals surface area contributed by atoms with Crippen LogP contribution in [-0.4, -0.2) is 68.0 Å². The van der Waals surface area contributed by atoms with Gasteiger partial charge in [0.15, 0.2) is 11.5 Å². The molecule has 2 aliphatic heterocycles. The van der Waals surface area contributed by atoms with Gasteiger partial charge in [0, 0.05) is 37.5 Å². The average molecular weight is 504 g/mol. The normalized spacial score (nSPS) is 23.3. The molecule has 0 bridgehead atoms. The fourth-order valence-electron chi connectivity index (χ4n) is 5.15. The van der Waals surface area contributed by atoms with E-state index in [4.69, 9.17) is 11.0 Å². The Morgan fingerprint density at radius 3 is 2.65 bits per heavy atom. The zero-order chi connectivity index (χ0) is 26.5. The number of piperidine rings is 1. The Morgan fingerprint density at radius 1 is 1.27 bits per heavy atom. The molecule has 2 saturated heterocycles. The molecule has 2 fully saturated rings. The number of nitrogens with zero attached hydrogens (tertiary/aromatic N) is 7. The zero-order valence-corrected chi connectivity index (χ0v) is 21.0. The minimum absolute atomic E-state index is 0.0214. The van der Waals surface area contributed by atoms with Gasteiger partial charge < -0.3 is 26.0 Å². The van der Waals surface area contributed by atoms with Crippen molar-refractivity contribution in [2.45, 2.75) is 45.3 Å². The van der Waals surface area contributed by atoms with Crippen LogP contribution < -0.4 is 20.9 Å². The molecule has 2 atom stereocenters. The molecule has 3 aromatic heterocycles. The molecule has 5 rings (SSSR count). The predicted molar refractivity (Wildman–Crippen MR) is 136 cm³/mol. The fraction of sp³-hybridized carbons (Fsp3) is 0.440. The molecule has 5 heterocycles. The first-order valence-corrected chi connectivity index (χ1v) is 12.1. The second-order valence-corrected chi connectivity index (χ2v) is 10.6. The molecule has 3 aromatic rings. The molecule has 2 aliphatic rings. The van der Waals surface area contributed by atoms with Gasteiger partial charge in [-0.1, -0.05) is 13.8 Å². The fourth-order valence-corrected chi connectivity index (χ4v) is 5.15. The lowest BCUT2D eigenvalue weighted by Crippen LogP contribution is -2.52. The maximum atomic E-state index is 12.7. The summed E-state index contributed by atoms with van der Waals surface area (Å²) in [4.78, 5) is 28.7. The van der Waals surface area contributed by atoms with Crippen LogP contribution in [0.4, 0.5) is 17.2 Å². The van der Waals surface area contributed by atoms with Crippen molar-refractivity contribution in [2.24, 2.45) is 11.1 Å². The number of aromatic nitrogens is 4. The summed E-state index contributed by atoms with van der Waals surface area (Å²) in [5, 5.41) is 35.4. The van der Waals surface area contributed by atoms with E-state index in [1.807, 2.05) is 6.07 Å². The second-order valence-electron chi connectivity index (χ2n) is 10.6. The Hall–Kier alpha value is -4.24. The van der Waals surface area contributed by atoms with Crippen molar-refractivity contribution in [1.29, 1.82) is 5.26 Å². The number of nitrogens with two attached hydrogens (primary N) is 1. The van der Waals surface area contributed by atoms with Crippen molar-refractivity contribution < 1.29 is 14.7 Å². The number of nitrogens with one attached hydrogen (secondary N) is 1. The topological polar surface area (TPSA) is 166 Å². The van der Waals surface area contributed by atoms with Crippen molar-refractivity contribution in [3.05, 3.63) is 41.9 Å². The molecule has 12 heteroatoms. The summed E-state index contributed by atoms with van der Waals surface area (Å²) in [5.41, 5.74) is 6.35. The highest BCUT2D eigenvalue weighted by molar-refractivity contribution is 6.04. The van der Waals surface area contributed by atoms with E-state index in [1.54, 1.807) is 28.9 Å². The first kappa shape index (κ1) is 24.5. The number of nitriles is 1. The first-order valence-electron chi connectivity index (χ1n) is 12.1. The summed E-state index contributed by atoms with van der Waals surface area (Å²) >= 11 is 0. The van der Waals surface area contributed by atoms with Gasteiger partial charge in [0.2, 0.25) is 0 Å². The molecule has 0 aliphatic carbocycles. The van der Waals surface area contributed by atoms with Crippen molar-refractivity contribution in [1.82, 2.24) is 19.8 Å².